The van der Waals surface area contributed by atoms with Gasteiger partial charge in [-0.2, -0.15) is 0 Å². The molecule has 1 aromatic heterocycles. The molecule has 1 atom stereocenters. The number of ether oxygens (including phenoxy) is 1. The number of para-hydroxylation sites is 1. The van der Waals surface area contributed by atoms with Crippen LogP contribution in [-0.2, 0) is 0 Å². The number of hydrogen-bond donors (Lipinski definition) is 1. The van der Waals surface area contributed by atoms with Crippen molar-refractivity contribution < 1.29 is 9.53 Å². The molecule has 30 heavy (non-hydrogen) atoms. The highest BCUT2D eigenvalue weighted by molar-refractivity contribution is 5.92. The third kappa shape index (κ3) is 4.07. The van der Waals surface area contributed by atoms with E-state index in [1.807, 2.05) is 42.5 Å². The largest absolute Gasteiger partial charge is 0.457 e. The van der Waals surface area contributed by atoms with Gasteiger partial charge in [-0.1, -0.05) is 35.5 Å². The Kier molecular flexibility index (Phi) is 4.96. The fourth-order valence-electron chi connectivity index (χ4n) is 3.75. The molecule has 1 unspecified atom stereocenters. The average Bonchev–Trinajstić information content (AvgIpc) is 3.47. The number of carbonyl (C=O) groups is 1. The topological polar surface area (TPSA) is 72.3 Å². The molecule has 1 saturated carbocycles. The standard InChI is InChI=1S/C23H25N5O2/c1-16(17-6-5-9-21(12-17)30-20-7-3-2-4-8-20)27-13-18(14-27)24-23(29)22-15-28(26-25-22)19-10-11-19/h2-9,12,15-16,18-19H,10-11,13-14H2,1H3,(H,24,29). The highest BCUT2D eigenvalue weighted by Crippen LogP contribution is 2.33. The number of aromatic nitrogens is 3. The molecule has 0 bridgehead atoms. The lowest BCUT2D eigenvalue weighted by Crippen LogP contribution is -2.59. The van der Waals surface area contributed by atoms with Crippen LogP contribution in [0.5, 0.6) is 11.5 Å². The zero-order valence-electron chi connectivity index (χ0n) is 16.9. The molecular formula is C23H25N5O2. The van der Waals surface area contributed by atoms with Gasteiger partial charge in [-0.25, -0.2) is 4.68 Å². The highest BCUT2D eigenvalue weighted by Gasteiger charge is 2.33. The third-order valence-electron chi connectivity index (χ3n) is 5.78. The van der Waals surface area contributed by atoms with E-state index in [4.69, 9.17) is 4.74 Å². The number of amides is 1. The van der Waals surface area contributed by atoms with Gasteiger partial charge in [0.1, 0.15) is 11.5 Å². The van der Waals surface area contributed by atoms with Crippen LogP contribution in [0, 0.1) is 0 Å². The van der Waals surface area contributed by atoms with Crippen molar-refractivity contribution in [3.63, 3.8) is 0 Å². The number of nitrogens with one attached hydrogen (secondary N) is 1. The molecule has 2 heterocycles. The summed E-state index contributed by atoms with van der Waals surface area (Å²) in [5, 5.41) is 11.1. The minimum atomic E-state index is -0.141. The second-order valence-electron chi connectivity index (χ2n) is 8.10. The van der Waals surface area contributed by atoms with E-state index in [-0.39, 0.29) is 18.0 Å². The first-order valence-corrected chi connectivity index (χ1v) is 10.5. The van der Waals surface area contributed by atoms with E-state index in [2.05, 4.69) is 39.6 Å². The Hall–Kier alpha value is -3.19. The maximum absolute atomic E-state index is 12.4. The molecule has 7 heteroatoms. The van der Waals surface area contributed by atoms with Crippen molar-refractivity contribution in [3.8, 4) is 11.5 Å². The second kappa shape index (κ2) is 7.91. The van der Waals surface area contributed by atoms with Crippen LogP contribution in [0.15, 0.2) is 60.8 Å². The Balaban J connectivity index is 1.15. The number of likely N-dealkylation sites (tertiary alicyclic amines) is 1. The molecule has 1 amide bonds. The van der Waals surface area contributed by atoms with Crippen LogP contribution in [0.25, 0.3) is 0 Å². The SMILES string of the molecule is CC(c1cccc(Oc2ccccc2)c1)N1CC(NC(=O)c2cn(C3CC3)nn2)C1. The van der Waals surface area contributed by atoms with Crippen molar-refractivity contribution in [2.45, 2.75) is 37.9 Å². The number of carbonyl (C=O) groups excluding carboxylic acids is 1. The van der Waals surface area contributed by atoms with Crippen molar-refractivity contribution in [1.82, 2.24) is 25.2 Å². The van der Waals surface area contributed by atoms with Gasteiger partial charge >= 0.3 is 0 Å². The van der Waals surface area contributed by atoms with E-state index >= 15 is 0 Å². The molecule has 0 spiro atoms. The average molecular weight is 403 g/mol. The summed E-state index contributed by atoms with van der Waals surface area (Å²) < 4.78 is 7.76. The molecule has 2 fully saturated rings. The summed E-state index contributed by atoms with van der Waals surface area (Å²) in [6.45, 7) is 3.81. The molecule has 2 aliphatic rings. The predicted molar refractivity (Wildman–Crippen MR) is 112 cm³/mol. The van der Waals surface area contributed by atoms with Crippen molar-refractivity contribution in [2.75, 3.05) is 13.1 Å². The Bertz CT molecular complexity index is 1020. The molecular weight excluding hydrogens is 378 g/mol. The van der Waals surface area contributed by atoms with E-state index in [1.165, 1.54) is 5.56 Å². The minimum Gasteiger partial charge on any atom is -0.457 e. The fourth-order valence-corrected chi connectivity index (χ4v) is 3.75. The van der Waals surface area contributed by atoms with Gasteiger partial charge < -0.3 is 10.1 Å². The molecule has 1 aliphatic heterocycles. The summed E-state index contributed by atoms with van der Waals surface area (Å²) >= 11 is 0. The molecule has 5 rings (SSSR count). The quantitative estimate of drug-likeness (QED) is 0.653. The molecule has 3 aromatic rings. The van der Waals surface area contributed by atoms with Crippen LogP contribution in [-0.4, -0.2) is 44.9 Å². The summed E-state index contributed by atoms with van der Waals surface area (Å²) in [4.78, 5) is 14.7. The van der Waals surface area contributed by atoms with E-state index in [9.17, 15) is 4.79 Å². The fraction of sp³-hybridized carbons (Fsp3) is 0.348. The van der Waals surface area contributed by atoms with Gasteiger partial charge in [0, 0.05) is 19.1 Å². The first kappa shape index (κ1) is 18.8. The van der Waals surface area contributed by atoms with Crippen LogP contribution in [0.3, 0.4) is 0 Å². The van der Waals surface area contributed by atoms with Gasteiger partial charge in [0.15, 0.2) is 5.69 Å². The lowest BCUT2D eigenvalue weighted by atomic mass is 10.00. The predicted octanol–water partition coefficient (Wildman–Crippen LogP) is 3.58. The number of rotatable bonds is 7. The molecule has 7 nitrogen and oxygen atoms in total. The normalized spacial score (nSPS) is 17.9. The summed E-state index contributed by atoms with van der Waals surface area (Å²) in [6, 6.07) is 18.8. The smallest absolute Gasteiger partial charge is 0.273 e. The number of benzene rings is 2. The first-order chi connectivity index (χ1) is 14.7. The van der Waals surface area contributed by atoms with E-state index in [0.29, 0.717) is 11.7 Å². The zero-order valence-corrected chi connectivity index (χ0v) is 16.9. The molecule has 1 saturated heterocycles. The molecule has 1 aliphatic carbocycles. The first-order valence-electron chi connectivity index (χ1n) is 10.5. The Morgan fingerprint density at radius 3 is 2.63 bits per heavy atom. The Labute approximate surface area is 175 Å². The van der Waals surface area contributed by atoms with Gasteiger partial charge in [0.05, 0.1) is 18.3 Å². The molecule has 154 valence electrons. The van der Waals surface area contributed by atoms with Crippen LogP contribution < -0.4 is 10.1 Å². The van der Waals surface area contributed by atoms with Gasteiger partial charge in [-0.05, 0) is 49.6 Å². The number of hydrogen-bond acceptors (Lipinski definition) is 5. The number of nitrogens with zero attached hydrogens (tertiary/aromatic N) is 4. The van der Waals surface area contributed by atoms with Crippen molar-refractivity contribution in [1.29, 1.82) is 0 Å². The molecule has 1 N–H and O–H groups in total. The van der Waals surface area contributed by atoms with Gasteiger partial charge in [0.25, 0.3) is 5.91 Å². The van der Waals surface area contributed by atoms with Gasteiger partial charge in [0.2, 0.25) is 0 Å². The maximum atomic E-state index is 12.4. The second-order valence-corrected chi connectivity index (χ2v) is 8.10. The molecule has 2 aromatic carbocycles. The molecule has 0 radical (unpaired) electrons. The van der Waals surface area contributed by atoms with Crippen molar-refractivity contribution in [3.05, 3.63) is 72.1 Å². The van der Waals surface area contributed by atoms with Crippen molar-refractivity contribution in [2.24, 2.45) is 0 Å². The summed E-state index contributed by atoms with van der Waals surface area (Å²) in [5.74, 6) is 1.51. The minimum absolute atomic E-state index is 0.134. The lowest BCUT2D eigenvalue weighted by Gasteiger charge is -2.43. The summed E-state index contributed by atoms with van der Waals surface area (Å²) in [6.07, 6.45) is 4.00. The van der Waals surface area contributed by atoms with Crippen LogP contribution in [0.4, 0.5) is 0 Å². The maximum Gasteiger partial charge on any atom is 0.273 e. The Morgan fingerprint density at radius 2 is 1.87 bits per heavy atom. The lowest BCUT2D eigenvalue weighted by molar-refractivity contribution is 0.0672. The van der Waals surface area contributed by atoms with Gasteiger partial charge in [-0.15, -0.1) is 5.10 Å². The van der Waals surface area contributed by atoms with Crippen LogP contribution >= 0.6 is 0 Å². The summed E-state index contributed by atoms with van der Waals surface area (Å²) in [7, 11) is 0. The van der Waals surface area contributed by atoms with Crippen LogP contribution in [0.2, 0.25) is 0 Å². The van der Waals surface area contributed by atoms with Crippen LogP contribution in [0.1, 0.15) is 47.9 Å². The monoisotopic (exact) mass is 403 g/mol. The van der Waals surface area contributed by atoms with E-state index in [1.54, 1.807) is 10.9 Å². The third-order valence-corrected chi connectivity index (χ3v) is 5.78. The summed E-state index contributed by atoms with van der Waals surface area (Å²) in [5.41, 5.74) is 1.60. The van der Waals surface area contributed by atoms with Gasteiger partial charge in [-0.3, -0.25) is 9.69 Å². The zero-order chi connectivity index (χ0) is 20.5. The van der Waals surface area contributed by atoms with E-state index in [0.717, 1.165) is 37.4 Å². The Morgan fingerprint density at radius 1 is 1.10 bits per heavy atom. The highest BCUT2D eigenvalue weighted by atomic mass is 16.5. The van der Waals surface area contributed by atoms with E-state index < -0.39 is 0 Å². The van der Waals surface area contributed by atoms with Crippen molar-refractivity contribution >= 4 is 5.91 Å².